The van der Waals surface area contributed by atoms with E-state index in [4.69, 9.17) is 0 Å². The quantitative estimate of drug-likeness (QED) is 0.418. The van der Waals surface area contributed by atoms with Gasteiger partial charge in [0, 0.05) is 13.0 Å². The van der Waals surface area contributed by atoms with E-state index in [2.05, 4.69) is 21.2 Å². The Morgan fingerprint density at radius 3 is 2.50 bits per heavy atom. The molecular formula is C23H19BrF5N3O4. The molecule has 2 aliphatic rings. The third kappa shape index (κ3) is 4.45. The van der Waals surface area contributed by atoms with Crippen LogP contribution in [-0.4, -0.2) is 51.5 Å². The summed E-state index contributed by atoms with van der Waals surface area (Å²) in [5, 5.41) is 12.8. The largest absolute Gasteiger partial charge is 0.408 e. The molecule has 1 aliphatic heterocycles. The van der Waals surface area contributed by atoms with Gasteiger partial charge in [-0.25, -0.2) is 13.6 Å². The number of nitrogens with zero attached hydrogens (tertiary/aromatic N) is 2. The highest BCUT2D eigenvalue weighted by Gasteiger charge is 2.58. The Balaban J connectivity index is 1.62. The highest BCUT2D eigenvalue weighted by molar-refractivity contribution is 9.10. The van der Waals surface area contributed by atoms with Gasteiger partial charge in [-0.15, -0.1) is 0 Å². The minimum absolute atomic E-state index is 0.00386. The topological polar surface area (TPSA) is 90.0 Å². The number of rotatable bonds is 5. The molecule has 0 radical (unpaired) electrons. The first-order valence-corrected chi connectivity index (χ1v) is 11.5. The van der Waals surface area contributed by atoms with Crippen LogP contribution in [0.5, 0.6) is 0 Å². The van der Waals surface area contributed by atoms with Crippen LogP contribution in [0, 0.1) is 11.6 Å². The van der Waals surface area contributed by atoms with Gasteiger partial charge in [0.2, 0.25) is 5.91 Å². The number of hydrogen-bond donors (Lipinski definition) is 2. The van der Waals surface area contributed by atoms with Crippen LogP contribution in [0.4, 0.5) is 26.7 Å². The van der Waals surface area contributed by atoms with Gasteiger partial charge in [0.1, 0.15) is 29.8 Å². The van der Waals surface area contributed by atoms with E-state index in [1.165, 1.54) is 18.2 Å². The van der Waals surface area contributed by atoms with Gasteiger partial charge < -0.3 is 15.3 Å². The van der Waals surface area contributed by atoms with Crippen LogP contribution < -0.4 is 5.32 Å². The van der Waals surface area contributed by atoms with Crippen molar-refractivity contribution in [2.24, 2.45) is 0 Å². The van der Waals surface area contributed by atoms with Crippen LogP contribution in [0.2, 0.25) is 0 Å². The fourth-order valence-electron chi connectivity index (χ4n) is 4.44. The number of halogens is 6. The van der Waals surface area contributed by atoms with Crippen LogP contribution in [-0.2, 0) is 21.7 Å². The number of carbonyl (C=O) groups is 3. The maximum Gasteiger partial charge on any atom is 0.408 e. The highest BCUT2D eigenvalue weighted by Crippen LogP contribution is 2.48. The van der Waals surface area contributed by atoms with Crippen LogP contribution in [0.1, 0.15) is 36.1 Å². The highest BCUT2D eigenvalue weighted by atomic mass is 79.9. The van der Waals surface area contributed by atoms with Crippen LogP contribution >= 0.6 is 15.9 Å². The number of aliphatic hydroxyl groups excluding tert-OH is 1. The maximum atomic E-state index is 14.3. The number of aliphatic hydroxyl groups is 1. The van der Waals surface area contributed by atoms with Crippen LogP contribution in [0.15, 0.2) is 40.9 Å². The number of carbonyl (C=O) groups excluding carboxylic acids is 3. The van der Waals surface area contributed by atoms with Gasteiger partial charge in [-0.3, -0.25) is 14.5 Å². The smallest absolute Gasteiger partial charge is 0.388 e. The van der Waals surface area contributed by atoms with Crippen LogP contribution in [0.25, 0.3) is 0 Å². The van der Waals surface area contributed by atoms with Crippen molar-refractivity contribution in [3.8, 4) is 0 Å². The second-order valence-corrected chi connectivity index (χ2v) is 9.52. The molecule has 1 fully saturated rings. The van der Waals surface area contributed by atoms with Crippen LogP contribution in [0.3, 0.4) is 0 Å². The molecule has 4 rings (SSSR count). The van der Waals surface area contributed by atoms with Gasteiger partial charge in [0.15, 0.2) is 0 Å². The summed E-state index contributed by atoms with van der Waals surface area (Å²) in [6.45, 7) is -0.840. The Morgan fingerprint density at radius 2 is 1.89 bits per heavy atom. The Hall–Kier alpha value is -3.06. The molecule has 2 aromatic carbocycles. The lowest BCUT2D eigenvalue weighted by atomic mass is 9.91. The van der Waals surface area contributed by atoms with E-state index < -0.39 is 66.4 Å². The zero-order valence-electron chi connectivity index (χ0n) is 18.6. The van der Waals surface area contributed by atoms with Crippen molar-refractivity contribution in [1.29, 1.82) is 0 Å². The van der Waals surface area contributed by atoms with E-state index in [0.29, 0.717) is 9.80 Å². The summed E-state index contributed by atoms with van der Waals surface area (Å²) in [6.07, 6.45) is -6.41. The zero-order chi connectivity index (χ0) is 26.6. The summed E-state index contributed by atoms with van der Waals surface area (Å²) in [6, 6.07) is 3.37. The Labute approximate surface area is 210 Å². The summed E-state index contributed by atoms with van der Waals surface area (Å²) in [5.41, 5.74) is -1.49. The average Bonchev–Trinajstić information content (AvgIpc) is 3.19. The SMILES string of the molecule is C[C@H](N(Cc1ccc(F)cc1)C(=O)CN1C(=O)N[C@@]2(C[C@@H](O)c3cc(Br)c(F)cc32)C1=O)C(F)(F)F. The molecule has 36 heavy (non-hydrogen) atoms. The molecule has 2 N–H and O–H groups in total. The molecule has 0 unspecified atom stereocenters. The molecule has 1 aliphatic carbocycles. The molecule has 1 heterocycles. The van der Waals surface area contributed by atoms with E-state index in [0.717, 1.165) is 25.1 Å². The fourth-order valence-corrected chi connectivity index (χ4v) is 4.80. The van der Waals surface area contributed by atoms with Gasteiger partial charge in [-0.05, 0) is 63.8 Å². The Bertz CT molecular complexity index is 1240. The molecule has 13 heteroatoms. The number of fused-ring (bicyclic) bond motifs is 2. The summed E-state index contributed by atoms with van der Waals surface area (Å²) < 4.78 is 68.1. The first-order chi connectivity index (χ1) is 16.7. The number of amides is 4. The second kappa shape index (κ2) is 9.11. The molecule has 4 amide bonds. The van der Waals surface area contributed by atoms with Crippen molar-refractivity contribution in [2.75, 3.05) is 6.54 Å². The molecule has 0 aromatic heterocycles. The molecule has 1 spiro atoms. The number of benzene rings is 2. The number of nitrogens with one attached hydrogen (secondary N) is 1. The maximum absolute atomic E-state index is 14.3. The molecule has 2 aromatic rings. The van der Waals surface area contributed by atoms with Gasteiger partial charge in [-0.2, -0.15) is 13.2 Å². The Morgan fingerprint density at radius 1 is 1.25 bits per heavy atom. The van der Waals surface area contributed by atoms with E-state index in [9.17, 15) is 41.4 Å². The summed E-state index contributed by atoms with van der Waals surface area (Å²) in [4.78, 5) is 39.9. The number of hydrogen-bond acceptors (Lipinski definition) is 4. The third-order valence-corrected chi connectivity index (χ3v) is 7.02. The first kappa shape index (κ1) is 26.0. The summed E-state index contributed by atoms with van der Waals surface area (Å²) >= 11 is 2.99. The van der Waals surface area contributed by atoms with Gasteiger partial charge in [-0.1, -0.05) is 12.1 Å². The minimum atomic E-state index is -4.83. The summed E-state index contributed by atoms with van der Waals surface area (Å²) in [5.74, 6) is -3.57. The minimum Gasteiger partial charge on any atom is -0.388 e. The molecule has 0 bridgehead atoms. The normalized spacial score (nSPS) is 22.1. The lowest BCUT2D eigenvalue weighted by Gasteiger charge is -2.32. The van der Waals surface area contributed by atoms with Gasteiger partial charge in [0.05, 0.1) is 10.6 Å². The second-order valence-electron chi connectivity index (χ2n) is 8.67. The molecular weight excluding hydrogens is 557 g/mol. The zero-order valence-corrected chi connectivity index (χ0v) is 20.2. The van der Waals surface area contributed by atoms with E-state index in [1.54, 1.807) is 0 Å². The molecule has 0 saturated carbocycles. The van der Waals surface area contributed by atoms with Gasteiger partial charge >= 0.3 is 12.2 Å². The van der Waals surface area contributed by atoms with E-state index >= 15 is 0 Å². The van der Waals surface area contributed by atoms with Crippen molar-refractivity contribution < 1.29 is 41.4 Å². The van der Waals surface area contributed by atoms with Gasteiger partial charge in [0.25, 0.3) is 5.91 Å². The standard InChI is InChI=1S/C23H19BrF5N3O4/c1-11(23(27,28)29)31(9-12-2-4-13(25)5-3-12)19(34)10-32-20(35)22(30-21(32)36)8-18(33)14-6-16(24)17(26)7-15(14)22/h2-7,11,18,33H,8-10H2,1H3,(H,30,36)/t11-,18+,22+/m0/s1. The average molecular weight is 576 g/mol. The predicted molar refractivity (Wildman–Crippen MR) is 118 cm³/mol. The molecule has 7 nitrogen and oxygen atoms in total. The molecule has 3 atom stereocenters. The number of imide groups is 1. The molecule has 192 valence electrons. The Kier molecular flexibility index (Phi) is 6.58. The van der Waals surface area contributed by atoms with Crippen molar-refractivity contribution in [3.05, 3.63) is 69.2 Å². The number of urea groups is 1. The first-order valence-electron chi connectivity index (χ1n) is 10.7. The summed E-state index contributed by atoms with van der Waals surface area (Å²) in [7, 11) is 0. The monoisotopic (exact) mass is 575 g/mol. The number of alkyl halides is 3. The lowest BCUT2D eigenvalue weighted by molar-refractivity contribution is -0.187. The van der Waals surface area contributed by atoms with E-state index in [-0.39, 0.29) is 27.6 Å². The van der Waals surface area contributed by atoms with Crippen molar-refractivity contribution in [3.63, 3.8) is 0 Å². The lowest BCUT2D eigenvalue weighted by Crippen LogP contribution is -2.51. The third-order valence-electron chi connectivity index (χ3n) is 6.41. The predicted octanol–water partition coefficient (Wildman–Crippen LogP) is 3.89. The molecule has 1 saturated heterocycles. The van der Waals surface area contributed by atoms with Crippen molar-refractivity contribution in [2.45, 2.75) is 43.8 Å². The van der Waals surface area contributed by atoms with E-state index in [1.807, 2.05) is 0 Å². The fraction of sp³-hybridized carbons (Fsp3) is 0.348. The van der Waals surface area contributed by atoms with Crippen molar-refractivity contribution >= 4 is 33.8 Å². The van der Waals surface area contributed by atoms with Crippen molar-refractivity contribution in [1.82, 2.24) is 15.1 Å².